The largest absolute Gasteiger partial charge is 0.443 e. The topological polar surface area (TPSA) is 55.0 Å². The molecule has 19 heavy (non-hydrogen) atoms. The number of nitriles is 1. The van der Waals surface area contributed by atoms with Crippen LogP contribution in [0, 0.1) is 11.3 Å². The molecule has 2 rings (SSSR count). The van der Waals surface area contributed by atoms with Crippen LogP contribution in [-0.4, -0.2) is 16.3 Å². The van der Waals surface area contributed by atoms with Gasteiger partial charge >= 0.3 is 6.09 Å². The van der Waals surface area contributed by atoms with Crippen LogP contribution in [0.4, 0.5) is 4.79 Å². The maximum atomic E-state index is 12.1. The molecule has 0 aliphatic rings. The highest BCUT2D eigenvalue weighted by atomic mass is 16.6. The van der Waals surface area contributed by atoms with Gasteiger partial charge in [-0.3, -0.25) is 4.57 Å². The van der Waals surface area contributed by atoms with Crippen molar-refractivity contribution >= 4 is 17.0 Å². The molecule has 98 valence electrons. The number of ether oxygens (including phenoxy) is 1. The van der Waals surface area contributed by atoms with Crippen molar-refractivity contribution < 1.29 is 9.53 Å². The van der Waals surface area contributed by atoms with Gasteiger partial charge in [-0.05, 0) is 38.5 Å². The van der Waals surface area contributed by atoms with E-state index in [1.165, 1.54) is 4.57 Å². The molecule has 0 unspecified atom stereocenters. The fraction of sp³-hybridized carbons (Fsp3) is 0.333. The summed E-state index contributed by atoms with van der Waals surface area (Å²) in [7, 11) is 0. The van der Waals surface area contributed by atoms with Gasteiger partial charge in [-0.2, -0.15) is 5.26 Å². The summed E-state index contributed by atoms with van der Waals surface area (Å²) in [5, 5.41) is 9.68. The summed E-state index contributed by atoms with van der Waals surface area (Å²) in [5.74, 6) is 0. The summed E-state index contributed by atoms with van der Waals surface area (Å²) in [6.07, 6.45) is 1.61. The van der Waals surface area contributed by atoms with E-state index < -0.39 is 11.7 Å². The number of hydrogen-bond donors (Lipinski definition) is 0. The summed E-state index contributed by atoms with van der Waals surface area (Å²) >= 11 is 0. The molecule has 0 saturated carbocycles. The van der Waals surface area contributed by atoms with Crippen LogP contribution in [-0.2, 0) is 11.2 Å². The second-order valence-corrected chi connectivity index (χ2v) is 5.39. The number of benzene rings is 1. The van der Waals surface area contributed by atoms with Crippen molar-refractivity contribution in [1.82, 2.24) is 4.57 Å². The molecule has 0 radical (unpaired) electrons. The molecule has 0 bridgehead atoms. The molecule has 1 aromatic heterocycles. The van der Waals surface area contributed by atoms with Gasteiger partial charge in [0, 0.05) is 11.6 Å². The molecule has 0 fully saturated rings. The van der Waals surface area contributed by atoms with Gasteiger partial charge in [0.1, 0.15) is 5.60 Å². The van der Waals surface area contributed by atoms with Crippen molar-refractivity contribution in [2.45, 2.75) is 32.8 Å². The Morgan fingerprint density at radius 3 is 2.74 bits per heavy atom. The molecule has 2 aromatic rings. The van der Waals surface area contributed by atoms with Crippen molar-refractivity contribution in [2.24, 2.45) is 0 Å². The zero-order valence-electron chi connectivity index (χ0n) is 11.3. The second kappa shape index (κ2) is 4.77. The highest BCUT2D eigenvalue weighted by Gasteiger charge is 2.18. The molecule has 4 heteroatoms. The fourth-order valence-corrected chi connectivity index (χ4v) is 1.85. The molecular weight excluding hydrogens is 240 g/mol. The van der Waals surface area contributed by atoms with Gasteiger partial charge in [0.25, 0.3) is 0 Å². The third-order valence-electron chi connectivity index (χ3n) is 2.63. The number of fused-ring (bicyclic) bond motifs is 1. The fourth-order valence-electron chi connectivity index (χ4n) is 1.85. The zero-order chi connectivity index (χ0) is 14.0. The standard InChI is InChI=1S/C15H16N2O2/c1-15(2,3)19-14(18)17-9-7-12-5-4-11(6-8-16)10-13(12)17/h4-5,7,9-10H,6H2,1-3H3. The van der Waals surface area contributed by atoms with Crippen LogP contribution in [0.5, 0.6) is 0 Å². The van der Waals surface area contributed by atoms with E-state index in [1.54, 1.807) is 6.20 Å². The van der Waals surface area contributed by atoms with E-state index in [2.05, 4.69) is 6.07 Å². The zero-order valence-corrected chi connectivity index (χ0v) is 11.3. The number of carbonyl (C=O) groups excluding carboxylic acids is 1. The minimum absolute atomic E-state index is 0.329. The second-order valence-electron chi connectivity index (χ2n) is 5.39. The van der Waals surface area contributed by atoms with Crippen LogP contribution < -0.4 is 0 Å². The van der Waals surface area contributed by atoms with Crippen LogP contribution >= 0.6 is 0 Å². The molecule has 0 amide bonds. The molecule has 0 saturated heterocycles. The molecule has 1 heterocycles. The molecule has 0 N–H and O–H groups in total. The van der Waals surface area contributed by atoms with Crippen LogP contribution in [0.1, 0.15) is 26.3 Å². The molecule has 0 aliphatic carbocycles. The molecular formula is C15H16N2O2. The normalized spacial score (nSPS) is 11.3. The lowest BCUT2D eigenvalue weighted by atomic mass is 10.1. The number of nitrogens with zero attached hydrogens (tertiary/aromatic N) is 2. The third kappa shape index (κ3) is 2.94. The van der Waals surface area contributed by atoms with E-state index in [9.17, 15) is 4.79 Å². The van der Waals surface area contributed by atoms with E-state index in [1.807, 2.05) is 45.0 Å². The average Bonchev–Trinajstić information content (AvgIpc) is 2.70. The Balaban J connectivity index is 2.41. The van der Waals surface area contributed by atoms with Gasteiger partial charge in [0.2, 0.25) is 0 Å². The van der Waals surface area contributed by atoms with E-state index >= 15 is 0 Å². The van der Waals surface area contributed by atoms with Crippen molar-refractivity contribution in [2.75, 3.05) is 0 Å². The lowest BCUT2D eigenvalue weighted by molar-refractivity contribution is 0.0544. The summed E-state index contributed by atoms with van der Waals surface area (Å²) in [6, 6.07) is 9.61. The van der Waals surface area contributed by atoms with Crippen LogP contribution in [0.15, 0.2) is 30.5 Å². The SMILES string of the molecule is CC(C)(C)OC(=O)n1ccc2ccc(CC#N)cc21. The Kier molecular flexibility index (Phi) is 3.30. The first kappa shape index (κ1) is 13.2. The van der Waals surface area contributed by atoms with Crippen LogP contribution in [0.25, 0.3) is 10.9 Å². The Bertz CT molecular complexity index is 657. The van der Waals surface area contributed by atoms with E-state index in [0.29, 0.717) is 6.42 Å². The minimum Gasteiger partial charge on any atom is -0.443 e. The van der Waals surface area contributed by atoms with Crippen molar-refractivity contribution in [3.8, 4) is 6.07 Å². The molecule has 1 aromatic carbocycles. The van der Waals surface area contributed by atoms with E-state index in [0.717, 1.165) is 16.5 Å². The lowest BCUT2D eigenvalue weighted by Crippen LogP contribution is -2.26. The maximum Gasteiger partial charge on any atom is 0.418 e. The quantitative estimate of drug-likeness (QED) is 0.784. The van der Waals surface area contributed by atoms with Crippen molar-refractivity contribution in [3.05, 3.63) is 36.0 Å². The van der Waals surface area contributed by atoms with Crippen LogP contribution in [0.2, 0.25) is 0 Å². The van der Waals surface area contributed by atoms with Gasteiger partial charge in [0.15, 0.2) is 0 Å². The Morgan fingerprint density at radius 1 is 1.37 bits per heavy atom. The lowest BCUT2D eigenvalue weighted by Gasteiger charge is -2.19. The predicted molar refractivity (Wildman–Crippen MR) is 72.9 cm³/mol. The average molecular weight is 256 g/mol. The number of aromatic nitrogens is 1. The third-order valence-corrected chi connectivity index (χ3v) is 2.63. The summed E-state index contributed by atoms with van der Waals surface area (Å²) in [5.41, 5.74) is 1.12. The van der Waals surface area contributed by atoms with Crippen molar-refractivity contribution in [3.63, 3.8) is 0 Å². The monoisotopic (exact) mass is 256 g/mol. The molecule has 0 aliphatic heterocycles. The number of hydrogen-bond acceptors (Lipinski definition) is 3. The molecule has 4 nitrogen and oxygen atoms in total. The predicted octanol–water partition coefficient (Wildman–Crippen LogP) is 3.49. The number of rotatable bonds is 1. The Labute approximate surface area is 112 Å². The summed E-state index contributed by atoms with van der Waals surface area (Å²) in [6.45, 7) is 5.49. The Morgan fingerprint density at radius 2 is 2.11 bits per heavy atom. The first-order valence-electron chi connectivity index (χ1n) is 6.11. The van der Waals surface area contributed by atoms with Crippen molar-refractivity contribution in [1.29, 1.82) is 5.26 Å². The highest BCUT2D eigenvalue weighted by molar-refractivity contribution is 5.90. The van der Waals surface area contributed by atoms with E-state index in [-0.39, 0.29) is 0 Å². The minimum atomic E-state index is -0.530. The first-order valence-corrected chi connectivity index (χ1v) is 6.11. The summed E-state index contributed by atoms with van der Waals surface area (Å²) < 4.78 is 6.82. The maximum absolute atomic E-state index is 12.1. The summed E-state index contributed by atoms with van der Waals surface area (Å²) in [4.78, 5) is 12.1. The molecule has 0 atom stereocenters. The number of carbonyl (C=O) groups is 1. The van der Waals surface area contributed by atoms with Crippen LogP contribution in [0.3, 0.4) is 0 Å². The first-order chi connectivity index (χ1) is 8.90. The van der Waals surface area contributed by atoms with Gasteiger partial charge < -0.3 is 4.74 Å². The highest BCUT2D eigenvalue weighted by Crippen LogP contribution is 2.19. The Hall–Kier alpha value is -2.28. The van der Waals surface area contributed by atoms with Gasteiger partial charge in [-0.15, -0.1) is 0 Å². The van der Waals surface area contributed by atoms with Gasteiger partial charge in [-0.25, -0.2) is 4.79 Å². The smallest absolute Gasteiger partial charge is 0.418 e. The van der Waals surface area contributed by atoms with Gasteiger partial charge in [-0.1, -0.05) is 12.1 Å². The molecule has 0 spiro atoms. The van der Waals surface area contributed by atoms with E-state index in [4.69, 9.17) is 10.00 Å². The van der Waals surface area contributed by atoms with Gasteiger partial charge in [0.05, 0.1) is 18.0 Å².